The van der Waals surface area contributed by atoms with Gasteiger partial charge in [0.25, 0.3) is 0 Å². The number of nitrogens with zero attached hydrogens (tertiary/aromatic N) is 1. The van der Waals surface area contributed by atoms with E-state index in [-0.39, 0.29) is 0 Å². The van der Waals surface area contributed by atoms with E-state index < -0.39 is 6.09 Å². The lowest BCUT2D eigenvalue weighted by molar-refractivity contribution is 0.152. The molecule has 0 saturated carbocycles. The minimum Gasteiger partial charge on any atom is -0.493 e. The van der Waals surface area contributed by atoms with Crippen molar-refractivity contribution in [2.45, 2.75) is 13.8 Å². The van der Waals surface area contributed by atoms with Crippen molar-refractivity contribution in [3.8, 4) is 11.5 Å². The van der Waals surface area contributed by atoms with Crippen molar-refractivity contribution in [2.24, 2.45) is 5.10 Å². The fourth-order valence-electron chi connectivity index (χ4n) is 1.42. The van der Waals surface area contributed by atoms with Gasteiger partial charge in [0.1, 0.15) is 0 Å². The Labute approximate surface area is 112 Å². The second-order valence-corrected chi connectivity index (χ2v) is 3.60. The van der Waals surface area contributed by atoms with Gasteiger partial charge in [-0.2, -0.15) is 5.10 Å². The van der Waals surface area contributed by atoms with Crippen LogP contribution in [0.3, 0.4) is 0 Å². The van der Waals surface area contributed by atoms with Gasteiger partial charge in [-0.25, -0.2) is 10.2 Å². The first-order valence-electron chi connectivity index (χ1n) is 5.81. The number of carbonyl (C=O) groups is 1. The van der Waals surface area contributed by atoms with E-state index >= 15 is 0 Å². The van der Waals surface area contributed by atoms with Gasteiger partial charge >= 0.3 is 6.09 Å². The SMILES string of the molecule is CCOC(=O)N/N=C(\C)c1ccc(OC)c(OC)c1. The number of ether oxygens (including phenoxy) is 3. The topological polar surface area (TPSA) is 69.2 Å². The molecule has 6 heteroatoms. The summed E-state index contributed by atoms with van der Waals surface area (Å²) in [4.78, 5) is 11.1. The molecule has 0 fully saturated rings. The number of hydrogen-bond donors (Lipinski definition) is 1. The molecule has 0 aliphatic carbocycles. The lowest BCUT2D eigenvalue weighted by Gasteiger charge is -2.09. The van der Waals surface area contributed by atoms with Crippen molar-refractivity contribution >= 4 is 11.8 Å². The Morgan fingerprint density at radius 3 is 2.53 bits per heavy atom. The standard InChI is InChI=1S/C13H18N2O4/c1-5-19-13(16)15-14-9(2)10-6-7-11(17-3)12(8-10)18-4/h6-8H,5H2,1-4H3,(H,15,16)/b14-9+. The molecule has 19 heavy (non-hydrogen) atoms. The van der Waals surface area contributed by atoms with E-state index in [2.05, 4.69) is 10.5 Å². The minimum atomic E-state index is -0.581. The molecule has 0 unspecified atom stereocenters. The van der Waals surface area contributed by atoms with Gasteiger partial charge in [-0.15, -0.1) is 0 Å². The number of hydrazone groups is 1. The molecule has 1 aromatic rings. The molecule has 104 valence electrons. The maximum absolute atomic E-state index is 11.1. The van der Waals surface area contributed by atoms with Gasteiger partial charge in [0.05, 0.1) is 26.5 Å². The number of rotatable bonds is 5. The summed E-state index contributed by atoms with van der Waals surface area (Å²) in [5, 5.41) is 3.94. The Morgan fingerprint density at radius 1 is 1.26 bits per heavy atom. The second kappa shape index (κ2) is 7.25. The van der Waals surface area contributed by atoms with E-state index in [1.807, 2.05) is 6.07 Å². The number of benzene rings is 1. The van der Waals surface area contributed by atoms with Crippen LogP contribution in [0.4, 0.5) is 4.79 Å². The Morgan fingerprint density at radius 2 is 1.95 bits per heavy atom. The molecular weight excluding hydrogens is 248 g/mol. The summed E-state index contributed by atoms with van der Waals surface area (Å²) < 4.78 is 15.1. The zero-order chi connectivity index (χ0) is 14.3. The van der Waals surface area contributed by atoms with Gasteiger partial charge < -0.3 is 14.2 Å². The molecule has 0 aliphatic rings. The summed E-state index contributed by atoms with van der Waals surface area (Å²) in [5.74, 6) is 1.24. The highest BCUT2D eigenvalue weighted by Crippen LogP contribution is 2.27. The summed E-state index contributed by atoms with van der Waals surface area (Å²) in [6.45, 7) is 3.80. The van der Waals surface area contributed by atoms with E-state index in [0.717, 1.165) is 5.56 Å². The van der Waals surface area contributed by atoms with E-state index in [1.165, 1.54) is 0 Å². The third kappa shape index (κ3) is 4.17. The molecule has 0 heterocycles. The molecule has 0 spiro atoms. The molecule has 0 atom stereocenters. The quantitative estimate of drug-likeness (QED) is 0.655. The third-order valence-corrected chi connectivity index (χ3v) is 2.39. The predicted molar refractivity (Wildman–Crippen MR) is 71.9 cm³/mol. The van der Waals surface area contributed by atoms with E-state index in [0.29, 0.717) is 23.8 Å². The summed E-state index contributed by atoms with van der Waals surface area (Å²) in [5.41, 5.74) is 3.75. The first kappa shape index (κ1) is 14.8. The number of nitrogens with one attached hydrogen (secondary N) is 1. The van der Waals surface area contributed by atoms with E-state index in [1.54, 1.807) is 40.2 Å². The molecule has 1 N–H and O–H groups in total. The lowest BCUT2D eigenvalue weighted by Crippen LogP contribution is -2.20. The van der Waals surface area contributed by atoms with Gasteiger partial charge in [-0.3, -0.25) is 0 Å². The first-order chi connectivity index (χ1) is 9.12. The van der Waals surface area contributed by atoms with Crippen LogP contribution in [-0.2, 0) is 4.74 Å². The van der Waals surface area contributed by atoms with Crippen molar-refractivity contribution in [3.63, 3.8) is 0 Å². The first-order valence-corrected chi connectivity index (χ1v) is 5.81. The molecule has 0 bridgehead atoms. The summed E-state index contributed by atoms with van der Waals surface area (Å²) in [6.07, 6.45) is -0.581. The summed E-state index contributed by atoms with van der Waals surface area (Å²) in [6, 6.07) is 5.38. The smallest absolute Gasteiger partial charge is 0.427 e. The van der Waals surface area contributed by atoms with Crippen LogP contribution in [0.15, 0.2) is 23.3 Å². The van der Waals surface area contributed by atoms with E-state index in [4.69, 9.17) is 14.2 Å². The zero-order valence-electron chi connectivity index (χ0n) is 11.5. The van der Waals surface area contributed by atoms with Crippen LogP contribution in [0.2, 0.25) is 0 Å². The summed E-state index contributed by atoms with van der Waals surface area (Å²) >= 11 is 0. The molecule has 0 aliphatic heterocycles. The van der Waals surface area contributed by atoms with Crippen molar-refractivity contribution in [1.29, 1.82) is 0 Å². The average Bonchev–Trinajstić information content (AvgIpc) is 2.44. The van der Waals surface area contributed by atoms with Gasteiger partial charge in [0, 0.05) is 5.56 Å². The van der Waals surface area contributed by atoms with Crippen molar-refractivity contribution < 1.29 is 19.0 Å². The van der Waals surface area contributed by atoms with E-state index in [9.17, 15) is 4.79 Å². The maximum Gasteiger partial charge on any atom is 0.427 e. The monoisotopic (exact) mass is 266 g/mol. The van der Waals surface area contributed by atoms with Crippen molar-refractivity contribution in [2.75, 3.05) is 20.8 Å². The number of methoxy groups -OCH3 is 2. The minimum absolute atomic E-state index is 0.302. The maximum atomic E-state index is 11.1. The Kier molecular flexibility index (Phi) is 5.66. The fourth-order valence-corrected chi connectivity index (χ4v) is 1.42. The fraction of sp³-hybridized carbons (Fsp3) is 0.385. The zero-order valence-corrected chi connectivity index (χ0v) is 11.5. The van der Waals surface area contributed by atoms with Crippen LogP contribution in [0.1, 0.15) is 19.4 Å². The normalized spacial score (nSPS) is 10.8. The highest BCUT2D eigenvalue weighted by atomic mass is 16.5. The lowest BCUT2D eigenvalue weighted by atomic mass is 10.1. The van der Waals surface area contributed by atoms with Gasteiger partial charge in [-0.05, 0) is 32.0 Å². The van der Waals surface area contributed by atoms with Crippen LogP contribution in [0, 0.1) is 0 Å². The van der Waals surface area contributed by atoms with Crippen LogP contribution >= 0.6 is 0 Å². The molecular formula is C13H18N2O4. The van der Waals surface area contributed by atoms with Crippen LogP contribution < -0.4 is 14.9 Å². The van der Waals surface area contributed by atoms with Crippen molar-refractivity contribution in [1.82, 2.24) is 5.43 Å². The van der Waals surface area contributed by atoms with Crippen LogP contribution in [0.5, 0.6) is 11.5 Å². The van der Waals surface area contributed by atoms with Crippen molar-refractivity contribution in [3.05, 3.63) is 23.8 Å². The molecule has 0 aromatic heterocycles. The number of carbonyl (C=O) groups excluding carboxylic acids is 1. The van der Waals surface area contributed by atoms with Crippen LogP contribution in [-0.4, -0.2) is 32.6 Å². The molecule has 6 nitrogen and oxygen atoms in total. The Balaban J connectivity index is 2.84. The molecule has 1 rings (SSSR count). The molecule has 1 aromatic carbocycles. The second-order valence-electron chi connectivity index (χ2n) is 3.60. The van der Waals surface area contributed by atoms with Crippen LogP contribution in [0.25, 0.3) is 0 Å². The largest absolute Gasteiger partial charge is 0.493 e. The number of amides is 1. The van der Waals surface area contributed by atoms with Gasteiger partial charge in [0.15, 0.2) is 11.5 Å². The highest BCUT2D eigenvalue weighted by Gasteiger charge is 2.07. The van der Waals surface area contributed by atoms with Gasteiger partial charge in [-0.1, -0.05) is 0 Å². The summed E-state index contributed by atoms with van der Waals surface area (Å²) in [7, 11) is 3.13. The average molecular weight is 266 g/mol. The predicted octanol–water partition coefficient (Wildman–Crippen LogP) is 2.17. The molecule has 0 saturated heterocycles. The van der Waals surface area contributed by atoms with Gasteiger partial charge in [0.2, 0.25) is 0 Å². The molecule has 1 amide bonds. The third-order valence-electron chi connectivity index (χ3n) is 2.39. The molecule has 0 radical (unpaired) electrons. The highest BCUT2D eigenvalue weighted by molar-refractivity contribution is 5.99. The Hall–Kier alpha value is -2.24. The number of hydrogen-bond acceptors (Lipinski definition) is 5. The Bertz CT molecular complexity index is 472.